The molecule has 2 amide bonds. The molecule has 6 heteroatoms. The number of piperidine rings is 1. The second kappa shape index (κ2) is 8.57. The van der Waals surface area contributed by atoms with E-state index in [9.17, 15) is 9.59 Å². The number of carbonyl (C=O) groups is 2. The summed E-state index contributed by atoms with van der Waals surface area (Å²) in [5.74, 6) is -0.0326. The molecule has 1 atom stereocenters. The largest absolute Gasteiger partial charge is 0.453 e. The number of carbonyl (C=O) groups excluding carboxylic acids is 2. The molecular weight excluding hydrogens is 306 g/mol. The van der Waals surface area contributed by atoms with Crippen LogP contribution in [-0.4, -0.2) is 44.3 Å². The lowest BCUT2D eigenvalue weighted by atomic mass is 10.0. The van der Waals surface area contributed by atoms with E-state index in [1.54, 1.807) is 0 Å². The fourth-order valence-electron chi connectivity index (χ4n) is 2.84. The Balaban J connectivity index is 2.03. The summed E-state index contributed by atoms with van der Waals surface area (Å²) in [6.45, 7) is 5.64. The third-order valence-electron chi connectivity index (χ3n) is 4.48. The Bertz CT molecular complexity index is 568. The summed E-state index contributed by atoms with van der Waals surface area (Å²) in [6, 6.07) is 7.97. The monoisotopic (exact) mass is 333 g/mol. The Morgan fingerprint density at radius 1 is 1.29 bits per heavy atom. The summed E-state index contributed by atoms with van der Waals surface area (Å²) in [4.78, 5) is 26.0. The van der Waals surface area contributed by atoms with Crippen molar-refractivity contribution in [1.29, 1.82) is 0 Å². The van der Waals surface area contributed by atoms with E-state index in [1.807, 2.05) is 31.2 Å². The minimum atomic E-state index is -0.387. The van der Waals surface area contributed by atoms with Crippen LogP contribution in [0.5, 0.6) is 0 Å². The molecule has 132 valence electrons. The standard InChI is InChI=1S/C18H27N3O3/c1-4-13(2)19-17(22)15-7-5-6-8-16(15)21-11-9-14(10-12-21)20-18(23)24-3/h5-8,13-14H,4,9-12H2,1-3H3,(H,19,22)(H,20,23). The van der Waals surface area contributed by atoms with Crippen LogP contribution in [0.25, 0.3) is 0 Å². The van der Waals surface area contributed by atoms with Crippen LogP contribution in [0, 0.1) is 0 Å². The van der Waals surface area contributed by atoms with Gasteiger partial charge in [0.05, 0.1) is 12.7 Å². The summed E-state index contributed by atoms with van der Waals surface area (Å²) in [5.41, 5.74) is 1.66. The van der Waals surface area contributed by atoms with Gasteiger partial charge in [-0.2, -0.15) is 0 Å². The van der Waals surface area contributed by atoms with Crippen LogP contribution in [0.15, 0.2) is 24.3 Å². The molecule has 6 nitrogen and oxygen atoms in total. The number of anilines is 1. The lowest BCUT2D eigenvalue weighted by Gasteiger charge is -2.34. The molecule has 1 saturated heterocycles. The molecule has 1 aromatic carbocycles. The number of ether oxygens (including phenoxy) is 1. The number of para-hydroxylation sites is 1. The molecule has 0 spiro atoms. The number of alkyl carbamates (subject to hydrolysis) is 1. The van der Waals surface area contributed by atoms with Crippen molar-refractivity contribution >= 4 is 17.7 Å². The molecule has 2 rings (SSSR count). The topological polar surface area (TPSA) is 70.7 Å². The fourth-order valence-corrected chi connectivity index (χ4v) is 2.84. The van der Waals surface area contributed by atoms with Crippen LogP contribution in [0.4, 0.5) is 10.5 Å². The zero-order chi connectivity index (χ0) is 17.5. The van der Waals surface area contributed by atoms with E-state index in [0.29, 0.717) is 5.56 Å². The van der Waals surface area contributed by atoms with Crippen LogP contribution >= 0.6 is 0 Å². The molecular formula is C18H27N3O3. The SMILES string of the molecule is CCC(C)NC(=O)c1ccccc1N1CCC(NC(=O)OC)CC1. The summed E-state index contributed by atoms with van der Waals surface area (Å²) in [5, 5.41) is 5.87. The number of rotatable bonds is 5. The Labute approximate surface area is 143 Å². The molecule has 0 radical (unpaired) electrons. The van der Waals surface area contributed by atoms with Crippen molar-refractivity contribution in [3.63, 3.8) is 0 Å². The van der Waals surface area contributed by atoms with Gasteiger partial charge < -0.3 is 20.3 Å². The van der Waals surface area contributed by atoms with Gasteiger partial charge in [0, 0.05) is 30.9 Å². The summed E-state index contributed by atoms with van der Waals surface area (Å²) in [6.07, 6.45) is 2.17. The highest BCUT2D eigenvalue weighted by molar-refractivity contribution is 6.00. The molecule has 1 fully saturated rings. The second-order valence-electron chi connectivity index (χ2n) is 6.20. The van der Waals surface area contributed by atoms with Crippen molar-refractivity contribution in [2.45, 2.75) is 45.2 Å². The molecule has 2 N–H and O–H groups in total. The van der Waals surface area contributed by atoms with E-state index in [0.717, 1.165) is 38.0 Å². The van der Waals surface area contributed by atoms with Crippen LogP contribution in [0.1, 0.15) is 43.5 Å². The second-order valence-corrected chi connectivity index (χ2v) is 6.20. The average Bonchev–Trinajstić information content (AvgIpc) is 2.62. The third kappa shape index (κ3) is 4.63. The van der Waals surface area contributed by atoms with Gasteiger partial charge in [0.25, 0.3) is 5.91 Å². The summed E-state index contributed by atoms with van der Waals surface area (Å²) in [7, 11) is 1.37. The zero-order valence-electron chi connectivity index (χ0n) is 14.7. The van der Waals surface area contributed by atoms with Crippen LogP contribution < -0.4 is 15.5 Å². The number of hydrogen-bond acceptors (Lipinski definition) is 4. The number of nitrogens with zero attached hydrogens (tertiary/aromatic N) is 1. The smallest absolute Gasteiger partial charge is 0.407 e. The molecule has 1 heterocycles. The normalized spacial score (nSPS) is 16.4. The van der Waals surface area contributed by atoms with Gasteiger partial charge in [0.1, 0.15) is 0 Å². The predicted octanol–water partition coefficient (Wildman–Crippen LogP) is 2.54. The molecule has 0 aliphatic carbocycles. The van der Waals surface area contributed by atoms with Gasteiger partial charge in [0.2, 0.25) is 0 Å². The summed E-state index contributed by atoms with van der Waals surface area (Å²) >= 11 is 0. The molecule has 1 unspecified atom stereocenters. The highest BCUT2D eigenvalue weighted by Crippen LogP contribution is 2.24. The first-order valence-corrected chi connectivity index (χ1v) is 8.54. The Kier molecular flexibility index (Phi) is 6.46. The van der Waals surface area contributed by atoms with Crippen molar-refractivity contribution in [3.05, 3.63) is 29.8 Å². The third-order valence-corrected chi connectivity index (χ3v) is 4.48. The lowest BCUT2D eigenvalue weighted by molar-refractivity contribution is 0.0939. The highest BCUT2D eigenvalue weighted by Gasteiger charge is 2.24. The molecule has 1 aromatic rings. The fraction of sp³-hybridized carbons (Fsp3) is 0.556. The first-order chi connectivity index (χ1) is 11.5. The van der Waals surface area contributed by atoms with Gasteiger partial charge in [-0.3, -0.25) is 4.79 Å². The van der Waals surface area contributed by atoms with Crippen molar-refractivity contribution in [1.82, 2.24) is 10.6 Å². The number of methoxy groups -OCH3 is 1. The summed E-state index contributed by atoms with van der Waals surface area (Å²) < 4.78 is 4.65. The maximum absolute atomic E-state index is 12.5. The van der Waals surface area contributed by atoms with Crippen molar-refractivity contribution in [2.75, 3.05) is 25.1 Å². The molecule has 0 bridgehead atoms. The van der Waals surface area contributed by atoms with Gasteiger partial charge in [0.15, 0.2) is 0 Å². The minimum absolute atomic E-state index is 0.0326. The molecule has 0 saturated carbocycles. The van der Waals surface area contributed by atoms with Gasteiger partial charge in [-0.15, -0.1) is 0 Å². The van der Waals surface area contributed by atoms with E-state index in [-0.39, 0.29) is 24.1 Å². The highest BCUT2D eigenvalue weighted by atomic mass is 16.5. The van der Waals surface area contributed by atoms with Crippen LogP contribution in [0.3, 0.4) is 0 Å². The first kappa shape index (κ1) is 18.1. The maximum atomic E-state index is 12.5. The van der Waals surface area contributed by atoms with Crippen LogP contribution in [0.2, 0.25) is 0 Å². The Morgan fingerprint density at radius 3 is 2.58 bits per heavy atom. The van der Waals surface area contributed by atoms with Gasteiger partial charge in [-0.25, -0.2) is 4.79 Å². The van der Waals surface area contributed by atoms with Crippen molar-refractivity contribution < 1.29 is 14.3 Å². The number of benzene rings is 1. The van der Waals surface area contributed by atoms with Gasteiger partial charge >= 0.3 is 6.09 Å². The van der Waals surface area contributed by atoms with Crippen molar-refractivity contribution in [3.8, 4) is 0 Å². The van der Waals surface area contributed by atoms with E-state index >= 15 is 0 Å². The van der Waals surface area contributed by atoms with E-state index in [1.165, 1.54) is 7.11 Å². The van der Waals surface area contributed by atoms with E-state index in [4.69, 9.17) is 0 Å². The van der Waals surface area contributed by atoms with Crippen LogP contribution in [-0.2, 0) is 4.74 Å². The molecule has 1 aliphatic rings. The van der Waals surface area contributed by atoms with E-state index < -0.39 is 0 Å². The number of nitrogens with one attached hydrogen (secondary N) is 2. The molecule has 0 aromatic heterocycles. The Morgan fingerprint density at radius 2 is 1.96 bits per heavy atom. The zero-order valence-corrected chi connectivity index (χ0v) is 14.7. The lowest BCUT2D eigenvalue weighted by Crippen LogP contribution is -2.45. The average molecular weight is 333 g/mol. The minimum Gasteiger partial charge on any atom is -0.453 e. The first-order valence-electron chi connectivity index (χ1n) is 8.54. The predicted molar refractivity (Wildman–Crippen MR) is 94.4 cm³/mol. The quantitative estimate of drug-likeness (QED) is 0.869. The van der Waals surface area contributed by atoms with E-state index in [2.05, 4.69) is 27.2 Å². The maximum Gasteiger partial charge on any atom is 0.407 e. The van der Waals surface area contributed by atoms with Gasteiger partial charge in [-0.1, -0.05) is 19.1 Å². The molecule has 1 aliphatic heterocycles. The number of hydrogen-bond donors (Lipinski definition) is 2. The Hall–Kier alpha value is -2.24. The molecule has 24 heavy (non-hydrogen) atoms. The van der Waals surface area contributed by atoms with Crippen molar-refractivity contribution in [2.24, 2.45) is 0 Å². The van der Waals surface area contributed by atoms with Gasteiger partial charge in [-0.05, 0) is 38.3 Å². The number of amides is 2.